The number of hydrogen-bond acceptors (Lipinski definition) is 4. The molecule has 0 saturated carbocycles. The van der Waals surface area contributed by atoms with E-state index >= 15 is 0 Å². The van der Waals surface area contributed by atoms with E-state index in [2.05, 4.69) is 25.9 Å². The van der Waals surface area contributed by atoms with Crippen LogP contribution in [0.5, 0.6) is 11.8 Å². The van der Waals surface area contributed by atoms with Gasteiger partial charge in [-0.15, -0.1) is 0 Å². The molecule has 0 radical (unpaired) electrons. The molecule has 88 valence electrons. The monoisotopic (exact) mass is 293 g/mol. The standard InChI is InChI=1S/C12H12BrN3O/c13-10-1-3-11(4-2-10)17-12-15-7-9(5-6-14)8-16-12/h1-4,7-8H,5-6,14H2. The number of rotatable bonds is 4. The van der Waals surface area contributed by atoms with Crippen LogP contribution in [-0.2, 0) is 6.42 Å². The van der Waals surface area contributed by atoms with Crippen molar-refractivity contribution < 1.29 is 4.74 Å². The largest absolute Gasteiger partial charge is 0.424 e. The fourth-order valence-corrected chi connectivity index (χ4v) is 1.56. The normalized spacial score (nSPS) is 10.2. The molecular weight excluding hydrogens is 282 g/mol. The summed E-state index contributed by atoms with van der Waals surface area (Å²) in [4.78, 5) is 8.23. The summed E-state index contributed by atoms with van der Waals surface area (Å²) in [6, 6.07) is 7.84. The summed E-state index contributed by atoms with van der Waals surface area (Å²) in [5.74, 6) is 0.708. The lowest BCUT2D eigenvalue weighted by molar-refractivity contribution is 0.441. The highest BCUT2D eigenvalue weighted by Crippen LogP contribution is 2.20. The third-order valence-corrected chi connectivity index (χ3v) is 2.67. The molecule has 0 spiro atoms. The van der Waals surface area contributed by atoms with E-state index in [-0.39, 0.29) is 0 Å². The Kier molecular flexibility index (Phi) is 4.06. The summed E-state index contributed by atoms with van der Waals surface area (Å²) in [6.45, 7) is 0.594. The summed E-state index contributed by atoms with van der Waals surface area (Å²) < 4.78 is 6.50. The first-order valence-electron chi connectivity index (χ1n) is 5.22. The number of nitrogens with zero attached hydrogens (tertiary/aromatic N) is 2. The molecule has 5 heteroatoms. The van der Waals surface area contributed by atoms with Gasteiger partial charge in [-0.1, -0.05) is 15.9 Å². The minimum absolute atomic E-state index is 0.341. The molecule has 0 unspecified atom stereocenters. The van der Waals surface area contributed by atoms with E-state index in [1.165, 1.54) is 0 Å². The Bertz CT molecular complexity index is 470. The van der Waals surface area contributed by atoms with Gasteiger partial charge in [0.1, 0.15) is 5.75 Å². The Hall–Kier alpha value is -1.46. The maximum Gasteiger partial charge on any atom is 0.321 e. The fourth-order valence-electron chi connectivity index (χ4n) is 1.30. The molecule has 4 nitrogen and oxygen atoms in total. The summed E-state index contributed by atoms with van der Waals surface area (Å²) in [7, 11) is 0. The third kappa shape index (κ3) is 3.51. The number of halogens is 1. The molecule has 0 bridgehead atoms. The van der Waals surface area contributed by atoms with Crippen LogP contribution in [-0.4, -0.2) is 16.5 Å². The van der Waals surface area contributed by atoms with Crippen LogP contribution in [0.4, 0.5) is 0 Å². The predicted molar refractivity (Wildman–Crippen MR) is 69.0 cm³/mol. The SMILES string of the molecule is NCCc1cnc(Oc2ccc(Br)cc2)nc1. The topological polar surface area (TPSA) is 61.0 Å². The summed E-state index contributed by atoms with van der Waals surface area (Å²) in [5.41, 5.74) is 6.45. The van der Waals surface area contributed by atoms with Gasteiger partial charge >= 0.3 is 6.01 Å². The van der Waals surface area contributed by atoms with Crippen LogP contribution in [0.15, 0.2) is 41.1 Å². The molecule has 1 aromatic heterocycles. The Morgan fingerprint density at radius 2 is 1.76 bits per heavy atom. The van der Waals surface area contributed by atoms with Crippen molar-refractivity contribution >= 4 is 15.9 Å². The second-order valence-electron chi connectivity index (χ2n) is 3.47. The highest BCUT2D eigenvalue weighted by atomic mass is 79.9. The highest BCUT2D eigenvalue weighted by Gasteiger charge is 2.00. The van der Waals surface area contributed by atoms with E-state index < -0.39 is 0 Å². The van der Waals surface area contributed by atoms with Crippen LogP contribution < -0.4 is 10.5 Å². The molecule has 2 aromatic rings. The summed E-state index contributed by atoms with van der Waals surface area (Å²) in [6.07, 6.45) is 4.24. The van der Waals surface area contributed by atoms with Gasteiger partial charge in [0.05, 0.1) is 0 Å². The van der Waals surface area contributed by atoms with Crippen LogP contribution in [0.3, 0.4) is 0 Å². The van der Waals surface area contributed by atoms with Crippen LogP contribution >= 0.6 is 15.9 Å². The maximum atomic E-state index is 5.49. The lowest BCUT2D eigenvalue weighted by atomic mass is 10.2. The number of benzene rings is 1. The van der Waals surface area contributed by atoms with Crippen LogP contribution in [0.25, 0.3) is 0 Å². The van der Waals surface area contributed by atoms with E-state index in [0.717, 1.165) is 16.5 Å². The molecule has 0 amide bonds. The zero-order valence-electron chi connectivity index (χ0n) is 9.14. The summed E-state index contributed by atoms with van der Waals surface area (Å²) in [5, 5.41) is 0. The molecule has 0 atom stereocenters. The van der Waals surface area contributed by atoms with Crippen LogP contribution in [0, 0.1) is 0 Å². The summed E-state index contributed by atoms with van der Waals surface area (Å²) >= 11 is 3.36. The first kappa shape index (κ1) is 12.0. The van der Waals surface area contributed by atoms with Crippen molar-refractivity contribution in [3.8, 4) is 11.8 Å². The van der Waals surface area contributed by atoms with Crippen molar-refractivity contribution in [2.75, 3.05) is 6.54 Å². The molecule has 0 aliphatic rings. The van der Waals surface area contributed by atoms with E-state index in [9.17, 15) is 0 Å². The van der Waals surface area contributed by atoms with Crippen molar-refractivity contribution in [3.05, 3.63) is 46.7 Å². The molecule has 0 aliphatic carbocycles. The van der Waals surface area contributed by atoms with E-state index in [1.807, 2.05) is 24.3 Å². The zero-order chi connectivity index (χ0) is 12.1. The first-order chi connectivity index (χ1) is 8.28. The molecule has 0 aliphatic heterocycles. The molecule has 1 aromatic carbocycles. The number of nitrogens with two attached hydrogens (primary N) is 1. The van der Waals surface area contributed by atoms with Crippen LogP contribution in [0.2, 0.25) is 0 Å². The van der Waals surface area contributed by atoms with Gasteiger partial charge in [-0.25, -0.2) is 9.97 Å². The molecule has 0 saturated heterocycles. The fraction of sp³-hybridized carbons (Fsp3) is 0.167. The lowest BCUT2D eigenvalue weighted by Crippen LogP contribution is -2.03. The highest BCUT2D eigenvalue weighted by molar-refractivity contribution is 9.10. The average molecular weight is 294 g/mol. The second kappa shape index (κ2) is 5.75. The zero-order valence-corrected chi connectivity index (χ0v) is 10.7. The van der Waals surface area contributed by atoms with Gasteiger partial charge < -0.3 is 10.5 Å². The molecule has 1 heterocycles. The molecule has 2 N–H and O–H groups in total. The van der Waals surface area contributed by atoms with Gasteiger partial charge in [-0.05, 0) is 42.8 Å². The number of aromatic nitrogens is 2. The van der Waals surface area contributed by atoms with Crippen molar-refractivity contribution in [1.82, 2.24) is 9.97 Å². The average Bonchev–Trinajstić information content (AvgIpc) is 2.35. The van der Waals surface area contributed by atoms with E-state index in [0.29, 0.717) is 18.3 Å². The van der Waals surface area contributed by atoms with Gasteiger partial charge in [0.2, 0.25) is 0 Å². The van der Waals surface area contributed by atoms with Crippen molar-refractivity contribution in [2.24, 2.45) is 5.73 Å². The van der Waals surface area contributed by atoms with E-state index in [4.69, 9.17) is 10.5 Å². The molecular formula is C12H12BrN3O. The van der Waals surface area contributed by atoms with Crippen molar-refractivity contribution in [2.45, 2.75) is 6.42 Å². The first-order valence-corrected chi connectivity index (χ1v) is 6.01. The minimum Gasteiger partial charge on any atom is -0.424 e. The van der Waals surface area contributed by atoms with Crippen molar-refractivity contribution in [1.29, 1.82) is 0 Å². The van der Waals surface area contributed by atoms with Crippen LogP contribution in [0.1, 0.15) is 5.56 Å². The number of ether oxygens (including phenoxy) is 1. The Morgan fingerprint density at radius 3 is 2.35 bits per heavy atom. The molecule has 2 rings (SSSR count). The van der Waals surface area contributed by atoms with Gasteiger partial charge in [-0.2, -0.15) is 0 Å². The van der Waals surface area contributed by atoms with Gasteiger partial charge in [-0.3, -0.25) is 0 Å². The predicted octanol–water partition coefficient (Wildman–Crippen LogP) is 2.53. The van der Waals surface area contributed by atoms with Gasteiger partial charge in [0.15, 0.2) is 0 Å². The van der Waals surface area contributed by atoms with E-state index in [1.54, 1.807) is 12.4 Å². The molecule has 0 fully saturated rings. The Labute approximate surface area is 108 Å². The number of hydrogen-bond donors (Lipinski definition) is 1. The quantitative estimate of drug-likeness (QED) is 0.941. The van der Waals surface area contributed by atoms with Gasteiger partial charge in [0, 0.05) is 16.9 Å². The Morgan fingerprint density at radius 1 is 1.12 bits per heavy atom. The minimum atomic E-state index is 0.341. The smallest absolute Gasteiger partial charge is 0.321 e. The maximum absolute atomic E-state index is 5.49. The van der Waals surface area contributed by atoms with Crippen molar-refractivity contribution in [3.63, 3.8) is 0 Å². The lowest BCUT2D eigenvalue weighted by Gasteiger charge is -2.04. The molecule has 17 heavy (non-hydrogen) atoms. The van der Waals surface area contributed by atoms with Gasteiger partial charge in [0.25, 0.3) is 0 Å². The Balaban J connectivity index is 2.05. The third-order valence-electron chi connectivity index (χ3n) is 2.14. The second-order valence-corrected chi connectivity index (χ2v) is 4.38.